The van der Waals surface area contributed by atoms with Gasteiger partial charge in [-0.15, -0.1) is 0 Å². The average molecular weight is 158 g/mol. The van der Waals surface area contributed by atoms with Gasteiger partial charge in [-0.05, 0) is 0 Å². The van der Waals surface area contributed by atoms with E-state index < -0.39 is 5.97 Å². The minimum absolute atomic E-state index is 0.276. The van der Waals surface area contributed by atoms with Crippen molar-refractivity contribution in [2.24, 2.45) is 0 Å². The fourth-order valence-electron chi connectivity index (χ4n) is 0.460. The molecule has 0 aliphatic rings. The Balaban J connectivity index is 3.24. The van der Waals surface area contributed by atoms with Crippen molar-refractivity contribution in [3.8, 4) is 0 Å². The zero-order chi connectivity index (χ0) is 8.53. The summed E-state index contributed by atoms with van der Waals surface area (Å²) in [5, 5.41) is 0. The van der Waals surface area contributed by atoms with Crippen LogP contribution in [0, 0.1) is 0 Å². The van der Waals surface area contributed by atoms with Gasteiger partial charge >= 0.3 is 12.2 Å². The van der Waals surface area contributed by atoms with Gasteiger partial charge in [0.15, 0.2) is 0 Å². The van der Waals surface area contributed by atoms with Gasteiger partial charge in [-0.25, -0.2) is 4.79 Å². The lowest BCUT2D eigenvalue weighted by Gasteiger charge is -1.97. The fourth-order valence-corrected chi connectivity index (χ4v) is 0.460. The maximum absolute atomic E-state index is 10.4. The summed E-state index contributed by atoms with van der Waals surface area (Å²) in [6.07, 6.45) is 1.34. The SMILES string of the molecule is COCCCOC(=O)C=[N+]=[N-]. The molecule has 0 aliphatic heterocycles. The third-order valence-electron chi connectivity index (χ3n) is 0.900. The Morgan fingerprint density at radius 2 is 2.36 bits per heavy atom. The maximum Gasteiger partial charge on any atom is 0.413 e. The van der Waals surface area contributed by atoms with Gasteiger partial charge < -0.3 is 15.0 Å². The molecule has 11 heavy (non-hydrogen) atoms. The van der Waals surface area contributed by atoms with Crippen LogP contribution in [0.3, 0.4) is 0 Å². The Morgan fingerprint density at radius 3 is 2.91 bits per heavy atom. The van der Waals surface area contributed by atoms with Crippen LogP contribution < -0.4 is 0 Å². The van der Waals surface area contributed by atoms with E-state index in [1.165, 1.54) is 0 Å². The Bertz CT molecular complexity index is 163. The molecule has 0 aromatic rings. The summed E-state index contributed by atoms with van der Waals surface area (Å²) in [5.41, 5.74) is 7.88. The number of hydrogen-bond acceptors (Lipinski definition) is 3. The molecule has 0 saturated carbocycles. The Hall–Kier alpha value is -1.19. The number of nitrogens with zero attached hydrogens (tertiary/aromatic N) is 2. The van der Waals surface area contributed by atoms with Crippen molar-refractivity contribution in [2.75, 3.05) is 20.3 Å². The van der Waals surface area contributed by atoms with Crippen molar-refractivity contribution in [3.05, 3.63) is 5.53 Å². The standard InChI is InChI=1S/C6H10N2O3/c1-10-3-2-4-11-6(9)5-8-7/h5H,2-4H2,1H3. The second-order valence-corrected chi connectivity index (χ2v) is 1.76. The van der Waals surface area contributed by atoms with Crippen LogP contribution in [0.1, 0.15) is 6.42 Å². The van der Waals surface area contributed by atoms with Crippen LogP contribution in [0.25, 0.3) is 5.53 Å². The van der Waals surface area contributed by atoms with E-state index in [-0.39, 0.29) is 6.61 Å². The van der Waals surface area contributed by atoms with E-state index in [9.17, 15) is 4.79 Å². The molecule has 0 radical (unpaired) electrons. The summed E-state index contributed by atoms with van der Waals surface area (Å²) in [6, 6.07) is 0. The van der Waals surface area contributed by atoms with Gasteiger partial charge in [-0.1, -0.05) is 0 Å². The van der Waals surface area contributed by atoms with E-state index in [2.05, 4.69) is 9.53 Å². The molecule has 0 aromatic heterocycles. The van der Waals surface area contributed by atoms with Crippen LogP contribution in [0.2, 0.25) is 0 Å². The van der Waals surface area contributed by atoms with Gasteiger partial charge in [-0.2, -0.15) is 4.79 Å². The van der Waals surface area contributed by atoms with E-state index in [1.807, 2.05) is 0 Å². The van der Waals surface area contributed by atoms with Gasteiger partial charge in [0.1, 0.15) is 0 Å². The summed E-state index contributed by atoms with van der Waals surface area (Å²) in [6.45, 7) is 0.822. The molecule has 5 heteroatoms. The normalized spacial score (nSPS) is 8.45. The van der Waals surface area contributed by atoms with E-state index in [0.717, 1.165) is 0 Å². The summed E-state index contributed by atoms with van der Waals surface area (Å²) >= 11 is 0. The second kappa shape index (κ2) is 6.92. The minimum atomic E-state index is -0.649. The summed E-state index contributed by atoms with van der Waals surface area (Å²) in [7, 11) is 1.57. The van der Waals surface area contributed by atoms with E-state index in [1.54, 1.807) is 7.11 Å². The largest absolute Gasteiger partial charge is 0.457 e. The van der Waals surface area contributed by atoms with Crippen molar-refractivity contribution < 1.29 is 19.1 Å². The molecule has 5 nitrogen and oxygen atoms in total. The Kier molecular flexibility index (Phi) is 6.17. The third kappa shape index (κ3) is 6.70. The van der Waals surface area contributed by atoms with Gasteiger partial charge in [-0.3, -0.25) is 0 Å². The first kappa shape index (κ1) is 9.81. The number of carbonyl (C=O) groups is 1. The molecule has 0 heterocycles. The van der Waals surface area contributed by atoms with E-state index >= 15 is 0 Å². The van der Waals surface area contributed by atoms with Gasteiger partial charge in [0.25, 0.3) is 0 Å². The molecule has 0 unspecified atom stereocenters. The molecule has 0 N–H and O–H groups in total. The van der Waals surface area contributed by atoms with Gasteiger partial charge in [0.2, 0.25) is 0 Å². The quantitative estimate of drug-likeness (QED) is 0.184. The van der Waals surface area contributed by atoms with Gasteiger partial charge in [0.05, 0.1) is 6.61 Å². The summed E-state index contributed by atoms with van der Waals surface area (Å²) in [4.78, 5) is 12.9. The zero-order valence-corrected chi connectivity index (χ0v) is 6.32. The first-order valence-electron chi connectivity index (χ1n) is 3.14. The number of methoxy groups -OCH3 is 1. The lowest BCUT2D eigenvalue weighted by Crippen LogP contribution is -2.08. The second-order valence-electron chi connectivity index (χ2n) is 1.76. The van der Waals surface area contributed by atoms with Crippen LogP contribution in [0.15, 0.2) is 0 Å². The van der Waals surface area contributed by atoms with Crippen molar-refractivity contribution in [1.82, 2.24) is 0 Å². The van der Waals surface area contributed by atoms with Crippen LogP contribution in [0.4, 0.5) is 0 Å². The fraction of sp³-hybridized carbons (Fsp3) is 0.667. The highest BCUT2D eigenvalue weighted by atomic mass is 16.5. The predicted octanol–water partition coefficient (Wildman–Crippen LogP) is -0.133. The van der Waals surface area contributed by atoms with Crippen LogP contribution in [-0.2, 0) is 14.3 Å². The number of carbonyl (C=O) groups excluding carboxylic acids is 1. The number of rotatable bonds is 5. The van der Waals surface area contributed by atoms with Crippen molar-refractivity contribution >= 4 is 12.2 Å². The molecule has 62 valence electrons. The van der Waals surface area contributed by atoms with Crippen molar-refractivity contribution in [1.29, 1.82) is 0 Å². The molecule has 0 amide bonds. The first-order chi connectivity index (χ1) is 5.31. The summed E-state index contributed by atoms with van der Waals surface area (Å²) in [5.74, 6) is -0.649. The molecule has 0 saturated heterocycles. The molecule has 0 spiro atoms. The molecule has 0 aromatic carbocycles. The molecular formula is C6H10N2O3. The smallest absolute Gasteiger partial charge is 0.413 e. The first-order valence-corrected chi connectivity index (χ1v) is 3.14. The molecule has 0 bridgehead atoms. The maximum atomic E-state index is 10.4. The summed E-state index contributed by atoms with van der Waals surface area (Å²) < 4.78 is 9.27. The van der Waals surface area contributed by atoms with Gasteiger partial charge in [0, 0.05) is 20.1 Å². The minimum Gasteiger partial charge on any atom is -0.457 e. The number of hydrogen-bond donors (Lipinski definition) is 0. The molecule has 0 fully saturated rings. The Morgan fingerprint density at radius 1 is 1.64 bits per heavy atom. The molecular weight excluding hydrogens is 148 g/mol. The average Bonchev–Trinajstić information content (AvgIpc) is 1.99. The zero-order valence-electron chi connectivity index (χ0n) is 6.32. The van der Waals surface area contributed by atoms with Crippen LogP contribution >= 0.6 is 0 Å². The molecule has 0 aliphatic carbocycles. The van der Waals surface area contributed by atoms with E-state index in [0.29, 0.717) is 19.2 Å². The molecule has 0 rings (SSSR count). The van der Waals surface area contributed by atoms with Crippen molar-refractivity contribution in [2.45, 2.75) is 6.42 Å². The lowest BCUT2D eigenvalue weighted by molar-refractivity contribution is -0.139. The third-order valence-corrected chi connectivity index (χ3v) is 0.900. The van der Waals surface area contributed by atoms with Crippen LogP contribution in [-0.4, -0.2) is 37.3 Å². The Labute approximate surface area is 64.5 Å². The highest BCUT2D eigenvalue weighted by Gasteiger charge is 2.00. The number of esters is 1. The number of ether oxygens (including phenoxy) is 2. The van der Waals surface area contributed by atoms with Crippen molar-refractivity contribution in [3.63, 3.8) is 0 Å². The van der Waals surface area contributed by atoms with E-state index in [4.69, 9.17) is 10.3 Å². The highest BCUT2D eigenvalue weighted by molar-refractivity contribution is 6.20. The molecule has 0 atom stereocenters. The topological polar surface area (TPSA) is 71.9 Å². The highest BCUT2D eigenvalue weighted by Crippen LogP contribution is 1.82. The lowest BCUT2D eigenvalue weighted by atomic mass is 10.5. The van der Waals surface area contributed by atoms with Crippen LogP contribution in [0.5, 0.6) is 0 Å². The monoisotopic (exact) mass is 158 g/mol. The predicted molar refractivity (Wildman–Crippen MR) is 37.1 cm³/mol.